The van der Waals surface area contributed by atoms with E-state index in [4.69, 9.17) is 11.6 Å². The fourth-order valence-corrected chi connectivity index (χ4v) is 4.31. The Morgan fingerprint density at radius 1 is 1.21 bits per heavy atom. The predicted molar refractivity (Wildman–Crippen MR) is 107 cm³/mol. The van der Waals surface area contributed by atoms with Gasteiger partial charge in [-0.15, -0.1) is 11.3 Å². The molecule has 10 heteroatoms. The summed E-state index contributed by atoms with van der Waals surface area (Å²) in [5, 5.41) is 5.38. The van der Waals surface area contributed by atoms with E-state index in [0.717, 1.165) is 22.8 Å². The first-order chi connectivity index (χ1) is 13.2. The van der Waals surface area contributed by atoms with Crippen LogP contribution in [0.2, 0.25) is 5.02 Å². The number of sulfonamides is 1. The Labute approximate surface area is 170 Å². The van der Waals surface area contributed by atoms with Crippen molar-refractivity contribution in [2.45, 2.75) is 18.4 Å². The summed E-state index contributed by atoms with van der Waals surface area (Å²) in [5.74, 6) is -1.000. The molecule has 0 saturated heterocycles. The number of thiazole rings is 1. The van der Waals surface area contributed by atoms with Crippen molar-refractivity contribution >= 4 is 44.6 Å². The number of aromatic nitrogens is 1. The summed E-state index contributed by atoms with van der Waals surface area (Å²) in [4.78, 5) is 16.5. The lowest BCUT2D eigenvalue weighted by Gasteiger charge is -2.11. The first kappa shape index (κ1) is 20.2. The van der Waals surface area contributed by atoms with E-state index in [1.54, 1.807) is 0 Å². The maximum Gasteiger partial charge on any atom is 0.261 e. The molecule has 0 radical (unpaired) electrons. The van der Waals surface area contributed by atoms with Crippen LogP contribution < -0.4 is 10.0 Å². The van der Waals surface area contributed by atoms with E-state index in [1.165, 1.54) is 41.7 Å². The second-order valence-corrected chi connectivity index (χ2v) is 8.85. The van der Waals surface area contributed by atoms with E-state index in [9.17, 15) is 17.6 Å². The highest BCUT2D eigenvalue weighted by Gasteiger charge is 2.19. The maximum absolute atomic E-state index is 13.0. The van der Waals surface area contributed by atoms with Crippen LogP contribution >= 0.6 is 22.9 Å². The number of halogens is 2. The molecule has 6 nitrogen and oxygen atoms in total. The average molecular weight is 440 g/mol. The number of hydrogen-bond acceptors (Lipinski definition) is 5. The third kappa shape index (κ3) is 4.86. The quantitative estimate of drug-likeness (QED) is 0.608. The molecule has 3 rings (SSSR count). The number of hydrogen-bond donors (Lipinski definition) is 2. The minimum atomic E-state index is -3.98. The number of carbonyl (C=O) groups excluding carboxylic acids is 1. The van der Waals surface area contributed by atoms with Gasteiger partial charge in [0.2, 0.25) is 0 Å². The molecule has 0 fully saturated rings. The zero-order valence-electron chi connectivity index (χ0n) is 14.6. The number of anilines is 1. The Hall–Kier alpha value is -2.49. The van der Waals surface area contributed by atoms with E-state index in [-0.39, 0.29) is 27.7 Å². The van der Waals surface area contributed by atoms with Gasteiger partial charge >= 0.3 is 0 Å². The van der Waals surface area contributed by atoms with Gasteiger partial charge in [-0.2, -0.15) is 0 Å². The van der Waals surface area contributed by atoms with Crippen molar-refractivity contribution in [2.24, 2.45) is 0 Å². The van der Waals surface area contributed by atoms with E-state index >= 15 is 0 Å². The highest BCUT2D eigenvalue weighted by molar-refractivity contribution is 7.92. The predicted octanol–water partition coefficient (Wildman–Crippen LogP) is 3.97. The van der Waals surface area contributed by atoms with E-state index in [0.29, 0.717) is 0 Å². The van der Waals surface area contributed by atoms with Crippen LogP contribution in [0.1, 0.15) is 21.1 Å². The van der Waals surface area contributed by atoms with Crippen molar-refractivity contribution in [3.8, 4) is 0 Å². The lowest BCUT2D eigenvalue weighted by Crippen LogP contribution is -2.23. The van der Waals surface area contributed by atoms with Gasteiger partial charge in [-0.25, -0.2) is 17.8 Å². The molecule has 0 aliphatic rings. The topological polar surface area (TPSA) is 88.2 Å². The van der Waals surface area contributed by atoms with Gasteiger partial charge in [0.15, 0.2) is 0 Å². The Balaban J connectivity index is 1.79. The highest BCUT2D eigenvalue weighted by atomic mass is 35.5. The molecule has 0 aliphatic carbocycles. The number of aryl methyl sites for hydroxylation is 1. The number of nitrogens with one attached hydrogen (secondary N) is 2. The lowest BCUT2D eigenvalue weighted by molar-refractivity contribution is 0.0951. The largest absolute Gasteiger partial charge is 0.345 e. The molecule has 1 heterocycles. The van der Waals surface area contributed by atoms with Crippen molar-refractivity contribution in [2.75, 3.05) is 4.72 Å². The van der Waals surface area contributed by atoms with Crippen molar-refractivity contribution in [3.05, 3.63) is 74.9 Å². The number of amides is 1. The Morgan fingerprint density at radius 3 is 2.57 bits per heavy atom. The zero-order valence-corrected chi connectivity index (χ0v) is 17.0. The monoisotopic (exact) mass is 439 g/mol. The molecule has 0 aliphatic heterocycles. The van der Waals surface area contributed by atoms with Gasteiger partial charge in [0.1, 0.15) is 10.8 Å². The summed E-state index contributed by atoms with van der Waals surface area (Å²) in [6, 6.07) is 8.69. The molecule has 0 atom stereocenters. The SMILES string of the molecule is Cc1csc(CNC(=O)c2cc(S(=O)(=O)Nc3ccc(F)cc3)ccc2Cl)n1. The van der Waals surface area contributed by atoms with Gasteiger partial charge < -0.3 is 5.32 Å². The van der Waals surface area contributed by atoms with Gasteiger partial charge in [0, 0.05) is 16.8 Å². The lowest BCUT2D eigenvalue weighted by atomic mass is 10.2. The Bertz CT molecular complexity index is 1120. The Morgan fingerprint density at radius 2 is 1.93 bits per heavy atom. The second kappa shape index (κ2) is 8.26. The molecule has 1 amide bonds. The van der Waals surface area contributed by atoms with Gasteiger partial charge in [-0.3, -0.25) is 9.52 Å². The van der Waals surface area contributed by atoms with Crippen molar-refractivity contribution < 1.29 is 17.6 Å². The van der Waals surface area contributed by atoms with Crippen LogP contribution in [0.4, 0.5) is 10.1 Å². The number of rotatable bonds is 6. The minimum absolute atomic E-state index is 0.0249. The van der Waals surface area contributed by atoms with Crippen LogP contribution in [0.3, 0.4) is 0 Å². The summed E-state index contributed by atoms with van der Waals surface area (Å²) < 4.78 is 40.4. The summed E-state index contributed by atoms with van der Waals surface area (Å²) >= 11 is 7.48. The normalized spacial score (nSPS) is 11.2. The molecule has 0 saturated carbocycles. The summed E-state index contributed by atoms with van der Waals surface area (Å²) in [6.45, 7) is 2.06. The fraction of sp³-hybridized carbons (Fsp3) is 0.111. The number of carbonyl (C=O) groups is 1. The van der Waals surface area contributed by atoms with Crippen LogP contribution in [0.15, 0.2) is 52.7 Å². The molecule has 3 aromatic rings. The summed E-state index contributed by atoms with van der Waals surface area (Å²) in [5.41, 5.74) is 1.07. The molecule has 0 unspecified atom stereocenters. The Kier molecular flexibility index (Phi) is 5.97. The maximum atomic E-state index is 13.0. The standard InChI is InChI=1S/C18H15ClFN3O3S2/c1-11-10-27-17(22-11)9-21-18(24)15-8-14(6-7-16(15)19)28(25,26)23-13-4-2-12(20)3-5-13/h2-8,10,23H,9H2,1H3,(H,21,24). The van der Waals surface area contributed by atoms with Gasteiger partial charge in [-0.05, 0) is 49.4 Å². The molecule has 0 bridgehead atoms. The molecular formula is C18H15ClFN3O3S2. The third-order valence-corrected chi connectivity index (χ3v) is 6.33. The fourth-order valence-electron chi connectivity index (χ4n) is 2.31. The average Bonchev–Trinajstić information content (AvgIpc) is 3.07. The smallest absolute Gasteiger partial charge is 0.261 e. The summed E-state index contributed by atoms with van der Waals surface area (Å²) in [6.07, 6.45) is 0. The number of nitrogens with zero attached hydrogens (tertiary/aromatic N) is 1. The summed E-state index contributed by atoms with van der Waals surface area (Å²) in [7, 11) is -3.98. The third-order valence-electron chi connectivity index (χ3n) is 3.66. The van der Waals surface area contributed by atoms with Crippen molar-refractivity contribution in [3.63, 3.8) is 0 Å². The minimum Gasteiger partial charge on any atom is -0.345 e. The highest BCUT2D eigenvalue weighted by Crippen LogP contribution is 2.23. The van der Waals surface area contributed by atoms with Gasteiger partial charge in [-0.1, -0.05) is 11.6 Å². The van der Waals surface area contributed by atoms with E-state index < -0.39 is 21.7 Å². The van der Waals surface area contributed by atoms with Crippen LogP contribution in [0.5, 0.6) is 0 Å². The first-order valence-corrected chi connectivity index (χ1v) is 10.8. The number of benzene rings is 2. The van der Waals surface area contributed by atoms with Crippen LogP contribution in [0.25, 0.3) is 0 Å². The van der Waals surface area contributed by atoms with Crippen LogP contribution in [-0.4, -0.2) is 19.3 Å². The second-order valence-electron chi connectivity index (χ2n) is 5.82. The molecule has 146 valence electrons. The van der Waals surface area contributed by atoms with Crippen LogP contribution in [-0.2, 0) is 16.6 Å². The van der Waals surface area contributed by atoms with Crippen molar-refractivity contribution in [1.82, 2.24) is 10.3 Å². The molecular weight excluding hydrogens is 425 g/mol. The van der Waals surface area contributed by atoms with E-state index in [1.807, 2.05) is 12.3 Å². The molecule has 2 aromatic carbocycles. The molecule has 28 heavy (non-hydrogen) atoms. The van der Waals surface area contributed by atoms with Gasteiger partial charge in [0.05, 0.1) is 22.0 Å². The van der Waals surface area contributed by atoms with E-state index in [2.05, 4.69) is 15.0 Å². The first-order valence-electron chi connectivity index (χ1n) is 8.02. The zero-order chi connectivity index (χ0) is 20.3. The van der Waals surface area contributed by atoms with Gasteiger partial charge in [0.25, 0.3) is 15.9 Å². The molecule has 2 N–H and O–H groups in total. The van der Waals surface area contributed by atoms with Crippen LogP contribution in [0, 0.1) is 12.7 Å². The van der Waals surface area contributed by atoms with Crippen molar-refractivity contribution in [1.29, 1.82) is 0 Å². The molecule has 1 aromatic heterocycles. The molecule has 0 spiro atoms.